The lowest BCUT2D eigenvalue weighted by atomic mass is 9.38. The second kappa shape index (κ2) is 6.23. The molecule has 0 heterocycles. The summed E-state index contributed by atoms with van der Waals surface area (Å²) in [4.78, 5) is 12.8. The van der Waals surface area contributed by atoms with Crippen LogP contribution in [0.4, 0.5) is 0 Å². The predicted molar refractivity (Wildman–Crippen MR) is 120 cm³/mol. The van der Waals surface area contributed by atoms with Crippen LogP contribution in [0.1, 0.15) is 106 Å². The summed E-state index contributed by atoms with van der Waals surface area (Å²) in [6.45, 7) is 14.8. The minimum atomic E-state index is -0.122. The predicted octanol–water partition coefficient (Wildman–Crippen LogP) is 7.60. The Kier molecular flexibility index (Phi) is 4.36. The standard InChI is InChI=1S/C28H44O/c1-25(2)14-11-18-7-9-21-19(20(18)17-25)8-10-23-27(21,5)15-12-22-26(3,4)24(29)13-16-28(22,23)6/h8,18,20-23H,7,9-17H2,1-6H3/t18?,20?,21?,22?,23?,27-,28-/m0/s1. The maximum atomic E-state index is 12.8. The summed E-state index contributed by atoms with van der Waals surface area (Å²) in [5.41, 5.74) is 3.09. The van der Waals surface area contributed by atoms with Crippen molar-refractivity contribution in [3.05, 3.63) is 11.6 Å². The summed E-state index contributed by atoms with van der Waals surface area (Å²) in [5, 5.41) is 0. The maximum absolute atomic E-state index is 12.8. The van der Waals surface area contributed by atoms with Gasteiger partial charge in [-0.05, 0) is 104 Å². The van der Waals surface area contributed by atoms with Gasteiger partial charge in [-0.3, -0.25) is 4.79 Å². The molecule has 162 valence electrons. The summed E-state index contributed by atoms with van der Waals surface area (Å²) in [6.07, 6.45) is 15.8. The first-order valence-corrected chi connectivity index (χ1v) is 12.7. The van der Waals surface area contributed by atoms with Gasteiger partial charge in [0.05, 0.1) is 0 Å². The van der Waals surface area contributed by atoms with Gasteiger partial charge in [-0.1, -0.05) is 53.2 Å². The van der Waals surface area contributed by atoms with Crippen molar-refractivity contribution in [3.8, 4) is 0 Å². The summed E-state index contributed by atoms with van der Waals surface area (Å²) in [7, 11) is 0. The van der Waals surface area contributed by atoms with Crippen LogP contribution in [-0.4, -0.2) is 5.78 Å². The van der Waals surface area contributed by atoms with Crippen LogP contribution < -0.4 is 0 Å². The molecule has 0 aromatic rings. The third-order valence-corrected chi connectivity index (χ3v) is 11.4. The summed E-state index contributed by atoms with van der Waals surface area (Å²) >= 11 is 0. The Morgan fingerprint density at radius 1 is 0.828 bits per heavy atom. The number of carbonyl (C=O) groups is 1. The molecule has 0 N–H and O–H groups in total. The van der Waals surface area contributed by atoms with Crippen LogP contribution in [0.25, 0.3) is 0 Å². The lowest BCUT2D eigenvalue weighted by Gasteiger charge is -2.66. The molecule has 1 heteroatoms. The molecule has 4 saturated carbocycles. The highest BCUT2D eigenvalue weighted by atomic mass is 16.1. The Hall–Kier alpha value is -0.590. The first-order valence-electron chi connectivity index (χ1n) is 12.7. The van der Waals surface area contributed by atoms with E-state index in [-0.39, 0.29) is 5.41 Å². The molecule has 0 aliphatic heterocycles. The highest BCUT2D eigenvalue weighted by Gasteiger charge is 2.63. The second-order valence-corrected chi connectivity index (χ2v) is 13.6. The molecular formula is C28H44O. The van der Waals surface area contributed by atoms with Crippen molar-refractivity contribution >= 4 is 5.78 Å². The number of fused-ring (bicyclic) bond motifs is 7. The quantitative estimate of drug-likeness (QED) is 0.385. The molecule has 0 aromatic heterocycles. The minimum Gasteiger partial charge on any atom is -0.299 e. The molecule has 7 atom stereocenters. The molecule has 29 heavy (non-hydrogen) atoms. The molecule has 1 nitrogen and oxygen atoms in total. The number of rotatable bonds is 0. The summed E-state index contributed by atoms with van der Waals surface area (Å²) in [5.74, 6) is 4.52. The molecule has 0 amide bonds. The van der Waals surface area contributed by atoms with Gasteiger partial charge in [0.25, 0.3) is 0 Å². The molecule has 0 saturated heterocycles. The van der Waals surface area contributed by atoms with Gasteiger partial charge in [0, 0.05) is 11.8 Å². The molecule has 0 bridgehead atoms. The maximum Gasteiger partial charge on any atom is 0.138 e. The Morgan fingerprint density at radius 2 is 1.59 bits per heavy atom. The van der Waals surface area contributed by atoms with Gasteiger partial charge in [-0.2, -0.15) is 0 Å². The minimum absolute atomic E-state index is 0.122. The highest BCUT2D eigenvalue weighted by molar-refractivity contribution is 5.85. The van der Waals surface area contributed by atoms with Gasteiger partial charge in [0.15, 0.2) is 0 Å². The van der Waals surface area contributed by atoms with Gasteiger partial charge in [0.1, 0.15) is 5.78 Å². The Labute approximate surface area is 179 Å². The first kappa shape index (κ1) is 20.3. The zero-order chi connectivity index (χ0) is 20.8. The van der Waals surface area contributed by atoms with Crippen LogP contribution in [0, 0.1) is 51.2 Å². The van der Waals surface area contributed by atoms with E-state index in [4.69, 9.17) is 0 Å². The molecule has 5 unspecified atom stereocenters. The Bertz CT molecular complexity index is 741. The Morgan fingerprint density at radius 3 is 2.34 bits per heavy atom. The van der Waals surface area contributed by atoms with Crippen molar-refractivity contribution in [2.45, 2.75) is 106 Å². The van der Waals surface area contributed by atoms with Crippen LogP contribution >= 0.6 is 0 Å². The van der Waals surface area contributed by atoms with Crippen molar-refractivity contribution in [3.63, 3.8) is 0 Å². The molecule has 5 aliphatic carbocycles. The lowest BCUT2D eigenvalue weighted by Crippen LogP contribution is -2.60. The van der Waals surface area contributed by atoms with E-state index in [1.165, 1.54) is 51.4 Å². The molecule has 5 rings (SSSR count). The summed E-state index contributed by atoms with van der Waals surface area (Å²) < 4.78 is 0. The van der Waals surface area contributed by atoms with Gasteiger partial charge in [-0.15, -0.1) is 0 Å². The average Bonchev–Trinajstić information content (AvgIpc) is 2.64. The van der Waals surface area contributed by atoms with Crippen LogP contribution in [0.15, 0.2) is 11.6 Å². The average molecular weight is 397 g/mol. The third kappa shape index (κ3) is 2.74. The van der Waals surface area contributed by atoms with E-state index in [1.807, 2.05) is 5.57 Å². The van der Waals surface area contributed by atoms with Crippen LogP contribution in [0.3, 0.4) is 0 Å². The van der Waals surface area contributed by atoms with Crippen molar-refractivity contribution in [1.82, 2.24) is 0 Å². The van der Waals surface area contributed by atoms with E-state index >= 15 is 0 Å². The van der Waals surface area contributed by atoms with E-state index in [9.17, 15) is 4.79 Å². The summed E-state index contributed by atoms with van der Waals surface area (Å²) in [6, 6.07) is 0. The molecule has 0 radical (unpaired) electrons. The van der Waals surface area contributed by atoms with Crippen molar-refractivity contribution in [2.24, 2.45) is 51.2 Å². The fraction of sp³-hybridized carbons (Fsp3) is 0.893. The molecule has 0 spiro atoms. The van der Waals surface area contributed by atoms with E-state index in [0.29, 0.717) is 27.9 Å². The van der Waals surface area contributed by atoms with E-state index in [2.05, 4.69) is 47.6 Å². The largest absolute Gasteiger partial charge is 0.299 e. The number of ketones is 1. The topological polar surface area (TPSA) is 17.1 Å². The zero-order valence-electron chi connectivity index (χ0n) is 19.9. The van der Waals surface area contributed by atoms with Crippen LogP contribution in [0.5, 0.6) is 0 Å². The normalized spacial score (nSPS) is 50.5. The van der Waals surface area contributed by atoms with E-state index < -0.39 is 0 Å². The monoisotopic (exact) mass is 396 g/mol. The van der Waals surface area contributed by atoms with Gasteiger partial charge < -0.3 is 0 Å². The fourth-order valence-corrected chi connectivity index (χ4v) is 9.78. The molecule has 4 fully saturated rings. The first-order chi connectivity index (χ1) is 13.5. The number of hydrogen-bond donors (Lipinski definition) is 0. The smallest absolute Gasteiger partial charge is 0.138 e. The lowest BCUT2D eigenvalue weighted by molar-refractivity contribution is -0.167. The number of carbonyl (C=O) groups excluding carboxylic acids is 1. The van der Waals surface area contributed by atoms with Crippen LogP contribution in [-0.2, 0) is 4.79 Å². The van der Waals surface area contributed by atoms with Crippen molar-refractivity contribution < 1.29 is 4.79 Å². The third-order valence-electron chi connectivity index (χ3n) is 11.4. The second-order valence-electron chi connectivity index (χ2n) is 13.6. The van der Waals surface area contributed by atoms with Gasteiger partial charge in [-0.25, -0.2) is 0 Å². The van der Waals surface area contributed by atoms with Gasteiger partial charge in [0.2, 0.25) is 0 Å². The molecular weight excluding hydrogens is 352 g/mol. The van der Waals surface area contributed by atoms with E-state index in [1.54, 1.807) is 0 Å². The number of hydrogen-bond acceptors (Lipinski definition) is 1. The van der Waals surface area contributed by atoms with Crippen molar-refractivity contribution in [2.75, 3.05) is 0 Å². The molecule has 5 aliphatic rings. The van der Waals surface area contributed by atoms with Crippen LogP contribution in [0.2, 0.25) is 0 Å². The number of allylic oxidation sites excluding steroid dienone is 2. The number of Topliss-reactive ketones (excluding diaryl/α,β-unsaturated/α-hetero) is 1. The SMILES string of the molecule is CC1(C)CCC2CCC3C(=CCC4[C@@]3(C)CCC3C(C)(C)C(=O)CC[C@@]34C)C2C1. The van der Waals surface area contributed by atoms with E-state index in [0.717, 1.165) is 36.5 Å². The molecule has 0 aromatic carbocycles. The van der Waals surface area contributed by atoms with Gasteiger partial charge >= 0.3 is 0 Å². The van der Waals surface area contributed by atoms with Crippen molar-refractivity contribution in [1.29, 1.82) is 0 Å². The zero-order valence-corrected chi connectivity index (χ0v) is 19.9. The Balaban J connectivity index is 1.51. The highest BCUT2D eigenvalue weighted by Crippen LogP contribution is 2.70. The fourth-order valence-electron chi connectivity index (χ4n) is 9.78.